The molecule has 9 nitrogen and oxygen atoms in total. The third kappa shape index (κ3) is 7.07. The number of sulfonamides is 1. The van der Waals surface area contributed by atoms with E-state index in [0.29, 0.717) is 31.3 Å². The zero-order valence-electron chi connectivity index (χ0n) is 20.0. The highest BCUT2D eigenvalue weighted by Gasteiger charge is 2.27. The lowest BCUT2D eigenvalue weighted by atomic mass is 9.92. The lowest BCUT2D eigenvalue weighted by Gasteiger charge is -2.31. The Bertz CT molecular complexity index is 1400. The van der Waals surface area contributed by atoms with Crippen molar-refractivity contribution in [2.75, 3.05) is 18.4 Å². The van der Waals surface area contributed by atoms with Crippen molar-refractivity contribution >= 4 is 28.4 Å². The van der Waals surface area contributed by atoms with Gasteiger partial charge in [-0.25, -0.2) is 41.7 Å². The lowest BCUT2D eigenvalue weighted by Crippen LogP contribution is -2.45. The molecular formula is C23H25ClF4N6O3S. The summed E-state index contributed by atoms with van der Waals surface area (Å²) in [6.45, 7) is 2.69. The molecule has 38 heavy (non-hydrogen) atoms. The van der Waals surface area contributed by atoms with Gasteiger partial charge in [-0.3, -0.25) is 0 Å². The van der Waals surface area contributed by atoms with Crippen molar-refractivity contribution in [3.63, 3.8) is 0 Å². The quantitative estimate of drug-likeness (QED) is 0.273. The monoisotopic (exact) mass is 576 g/mol. The Morgan fingerprint density at radius 1 is 1.18 bits per heavy atom. The largest absolute Gasteiger partial charge is 0.435 e. The molecular weight excluding hydrogens is 552 g/mol. The van der Waals surface area contributed by atoms with Gasteiger partial charge in [0, 0.05) is 49.1 Å². The summed E-state index contributed by atoms with van der Waals surface area (Å²) in [6, 6.07) is 5.04. The molecule has 1 fully saturated rings. The second-order valence-corrected chi connectivity index (χ2v) is 10.3. The van der Waals surface area contributed by atoms with Gasteiger partial charge in [0.1, 0.15) is 12.0 Å². The van der Waals surface area contributed by atoms with E-state index in [9.17, 15) is 26.0 Å². The Kier molecular flexibility index (Phi) is 9.46. The molecule has 3 heterocycles. The number of hydrogen-bond donors (Lipinski definition) is 3. The fourth-order valence-corrected chi connectivity index (χ4v) is 4.65. The number of primary sulfonamides is 1. The molecule has 0 saturated carbocycles. The molecule has 1 aliphatic heterocycles. The number of benzene rings is 1. The molecule has 1 saturated heterocycles. The maximum Gasteiger partial charge on any atom is 0.228 e. The van der Waals surface area contributed by atoms with Crippen molar-refractivity contribution in [1.82, 2.24) is 20.3 Å². The fraction of sp³-hybridized carbons (Fsp3) is 0.348. The van der Waals surface area contributed by atoms with Gasteiger partial charge in [-0.05, 0) is 31.5 Å². The van der Waals surface area contributed by atoms with Gasteiger partial charge in [0.15, 0.2) is 11.6 Å². The number of piperidine rings is 1. The van der Waals surface area contributed by atoms with Crippen molar-refractivity contribution < 1.29 is 30.7 Å². The standard InChI is InChI=1S/C23H24F4N6O3S.ClH/c1-12(24)13-7-14(10-29-9-13)32-23-31-6-4-18(33-23)15-3-2-5-30-22(15)36-19-8-17(25)16(11-37(28,34)35)20(26)21(19)27;/h2-6,8,12-14,29H,7,9-11H2,1H3,(H2,28,34,35)(H,31,32,33);1H. The van der Waals surface area contributed by atoms with Crippen LogP contribution in [0.1, 0.15) is 18.9 Å². The van der Waals surface area contributed by atoms with E-state index in [1.165, 1.54) is 25.4 Å². The average Bonchev–Trinajstić information content (AvgIpc) is 2.85. The Hall–Kier alpha value is -3.07. The minimum atomic E-state index is -4.32. The van der Waals surface area contributed by atoms with E-state index in [1.807, 2.05) is 0 Å². The Morgan fingerprint density at radius 2 is 1.95 bits per heavy atom. The van der Waals surface area contributed by atoms with Gasteiger partial charge in [-0.2, -0.15) is 4.39 Å². The molecule has 15 heteroatoms. The third-order valence-corrected chi connectivity index (χ3v) is 6.53. The number of nitrogens with two attached hydrogens (primary N) is 1. The lowest BCUT2D eigenvalue weighted by molar-refractivity contribution is 0.202. The van der Waals surface area contributed by atoms with Crippen LogP contribution in [0.5, 0.6) is 11.6 Å². The highest BCUT2D eigenvalue weighted by molar-refractivity contribution is 7.88. The van der Waals surface area contributed by atoms with Crippen LogP contribution in [0.15, 0.2) is 36.7 Å². The molecule has 0 aliphatic carbocycles. The molecule has 4 N–H and O–H groups in total. The predicted octanol–water partition coefficient (Wildman–Crippen LogP) is 3.71. The number of pyridine rings is 1. The van der Waals surface area contributed by atoms with E-state index in [0.717, 1.165) is 0 Å². The van der Waals surface area contributed by atoms with Crippen LogP contribution >= 0.6 is 12.4 Å². The van der Waals surface area contributed by atoms with Crippen LogP contribution in [0, 0.1) is 23.4 Å². The minimum Gasteiger partial charge on any atom is -0.435 e. The molecule has 0 radical (unpaired) electrons. The third-order valence-electron chi connectivity index (χ3n) is 5.84. The Balaban J connectivity index is 0.00000400. The molecule has 0 amide bonds. The maximum atomic E-state index is 14.7. The number of hydrogen-bond acceptors (Lipinski definition) is 8. The smallest absolute Gasteiger partial charge is 0.228 e. The topological polar surface area (TPSA) is 132 Å². The summed E-state index contributed by atoms with van der Waals surface area (Å²) in [5.41, 5.74) is -0.465. The van der Waals surface area contributed by atoms with Gasteiger partial charge in [0.05, 0.1) is 17.0 Å². The number of nitrogens with one attached hydrogen (secondary N) is 2. The maximum absolute atomic E-state index is 14.7. The van der Waals surface area contributed by atoms with Crippen molar-refractivity contribution in [3.8, 4) is 22.9 Å². The van der Waals surface area contributed by atoms with Crippen molar-refractivity contribution in [2.45, 2.75) is 31.3 Å². The summed E-state index contributed by atoms with van der Waals surface area (Å²) in [4.78, 5) is 12.7. The van der Waals surface area contributed by atoms with Gasteiger partial charge in [-0.1, -0.05) is 0 Å². The van der Waals surface area contributed by atoms with Gasteiger partial charge in [0.2, 0.25) is 27.7 Å². The normalized spacial score (nSPS) is 18.4. The summed E-state index contributed by atoms with van der Waals surface area (Å²) in [5.74, 6) is -6.89. The van der Waals surface area contributed by atoms with Gasteiger partial charge in [0.25, 0.3) is 0 Å². The first-order chi connectivity index (χ1) is 17.5. The first-order valence-corrected chi connectivity index (χ1v) is 13.0. The Morgan fingerprint density at radius 3 is 2.66 bits per heavy atom. The number of alkyl halides is 1. The van der Waals surface area contributed by atoms with Crippen LogP contribution in [0.3, 0.4) is 0 Å². The highest BCUT2D eigenvalue weighted by Crippen LogP contribution is 2.34. The summed E-state index contributed by atoms with van der Waals surface area (Å²) >= 11 is 0. The summed E-state index contributed by atoms with van der Waals surface area (Å²) in [6.07, 6.45) is 2.40. The molecule has 3 unspecified atom stereocenters. The van der Waals surface area contributed by atoms with E-state index >= 15 is 0 Å². The van der Waals surface area contributed by atoms with Crippen molar-refractivity contribution in [2.24, 2.45) is 11.1 Å². The fourth-order valence-electron chi connectivity index (χ4n) is 3.99. The van der Waals surface area contributed by atoms with Crippen LogP contribution in [0.25, 0.3) is 11.3 Å². The number of nitrogens with zero attached hydrogens (tertiary/aromatic N) is 3. The Labute approximate surface area is 222 Å². The zero-order valence-corrected chi connectivity index (χ0v) is 21.6. The number of aromatic nitrogens is 3. The number of ether oxygens (including phenoxy) is 1. The average molecular weight is 577 g/mol. The van der Waals surface area contributed by atoms with Crippen molar-refractivity contribution in [3.05, 3.63) is 59.7 Å². The second kappa shape index (κ2) is 12.2. The number of rotatable bonds is 8. The summed E-state index contributed by atoms with van der Waals surface area (Å²) in [7, 11) is -4.32. The molecule has 3 atom stereocenters. The van der Waals surface area contributed by atoms with E-state index in [4.69, 9.17) is 9.88 Å². The molecule has 1 aliphatic rings. The molecule has 1 aromatic carbocycles. The molecule has 4 rings (SSSR count). The van der Waals surface area contributed by atoms with Gasteiger partial charge < -0.3 is 15.4 Å². The predicted molar refractivity (Wildman–Crippen MR) is 135 cm³/mol. The van der Waals surface area contributed by atoms with Crippen LogP contribution in [0.2, 0.25) is 0 Å². The molecule has 2 aromatic heterocycles. The molecule has 3 aromatic rings. The minimum absolute atomic E-state index is 0. The van der Waals surface area contributed by atoms with E-state index in [-0.39, 0.29) is 41.8 Å². The van der Waals surface area contributed by atoms with E-state index in [1.54, 1.807) is 12.1 Å². The first kappa shape index (κ1) is 29.5. The van der Waals surface area contributed by atoms with Crippen LogP contribution in [-0.2, 0) is 15.8 Å². The first-order valence-electron chi connectivity index (χ1n) is 11.3. The number of halogens is 5. The van der Waals surface area contributed by atoms with E-state index in [2.05, 4.69) is 25.6 Å². The molecule has 0 spiro atoms. The second-order valence-electron chi connectivity index (χ2n) is 8.67. The van der Waals surface area contributed by atoms with Crippen LogP contribution in [-0.4, -0.2) is 48.7 Å². The van der Waals surface area contributed by atoms with Gasteiger partial charge in [-0.15, -0.1) is 12.4 Å². The summed E-state index contributed by atoms with van der Waals surface area (Å²) < 4.78 is 85.1. The van der Waals surface area contributed by atoms with Crippen molar-refractivity contribution in [1.29, 1.82) is 0 Å². The van der Waals surface area contributed by atoms with E-state index < -0.39 is 50.7 Å². The SMILES string of the molecule is CC(F)C1CNCC(Nc2nccc(-c3cccnc3Oc3cc(F)c(CS(N)(=O)=O)c(F)c3F)n2)C1.Cl. The molecule has 0 bridgehead atoms. The van der Waals surface area contributed by atoms with Crippen LogP contribution < -0.4 is 20.5 Å². The molecule has 206 valence electrons. The zero-order chi connectivity index (χ0) is 26.7. The highest BCUT2D eigenvalue weighted by atomic mass is 35.5. The van der Waals surface area contributed by atoms with Crippen LogP contribution in [0.4, 0.5) is 23.5 Å². The number of anilines is 1. The van der Waals surface area contributed by atoms with Gasteiger partial charge >= 0.3 is 0 Å². The summed E-state index contributed by atoms with van der Waals surface area (Å²) in [5, 5.41) is 11.2.